The van der Waals surface area contributed by atoms with Gasteiger partial charge in [0.15, 0.2) is 0 Å². The molecule has 0 bridgehead atoms. The van der Waals surface area contributed by atoms with Gasteiger partial charge in [0.05, 0.1) is 11.3 Å². The van der Waals surface area contributed by atoms with Crippen molar-refractivity contribution in [3.8, 4) is 6.07 Å². The molecule has 31 heavy (non-hydrogen) atoms. The Labute approximate surface area is 183 Å². The zero-order valence-electron chi connectivity index (χ0n) is 18.5. The van der Waals surface area contributed by atoms with Crippen LogP contribution in [-0.2, 0) is 4.79 Å². The summed E-state index contributed by atoms with van der Waals surface area (Å²) in [6.07, 6.45) is 2.53. The van der Waals surface area contributed by atoms with Gasteiger partial charge in [-0.3, -0.25) is 9.79 Å². The number of benzene rings is 2. The predicted octanol–water partition coefficient (Wildman–Crippen LogP) is 3.84. The average Bonchev–Trinajstić information content (AvgIpc) is 3.27. The van der Waals surface area contributed by atoms with Crippen molar-refractivity contribution >= 4 is 11.6 Å². The molecule has 3 rings (SSSR count). The van der Waals surface area contributed by atoms with Crippen LogP contribution in [0.2, 0.25) is 0 Å². The summed E-state index contributed by atoms with van der Waals surface area (Å²) in [6, 6.07) is 14.7. The molecule has 2 aromatic rings. The van der Waals surface area contributed by atoms with Gasteiger partial charge in [-0.25, -0.2) is 4.39 Å². The lowest BCUT2D eigenvalue weighted by Gasteiger charge is -2.12. The highest BCUT2D eigenvalue weighted by molar-refractivity contribution is 6.12. The summed E-state index contributed by atoms with van der Waals surface area (Å²) in [5.41, 5.74) is 4.16. The van der Waals surface area contributed by atoms with Crippen LogP contribution in [0.25, 0.3) is 0 Å². The minimum atomic E-state index is -0.598. The van der Waals surface area contributed by atoms with Crippen LogP contribution in [0.15, 0.2) is 59.1 Å². The molecule has 0 saturated carbocycles. The van der Waals surface area contributed by atoms with Crippen molar-refractivity contribution in [1.29, 1.82) is 5.26 Å². The number of hydrogen-bond donors (Lipinski definition) is 2. The third kappa shape index (κ3) is 7.47. The number of aliphatic imine (C=N–C) groups is 1. The third-order valence-electron chi connectivity index (χ3n) is 4.95. The zero-order valence-corrected chi connectivity index (χ0v) is 18.5. The number of halogens is 1. The monoisotopic (exact) mass is 420 g/mol. The van der Waals surface area contributed by atoms with Gasteiger partial charge < -0.3 is 10.6 Å². The van der Waals surface area contributed by atoms with Crippen molar-refractivity contribution in [3.05, 3.63) is 82.2 Å². The second kappa shape index (κ2) is 11.8. The minimum absolute atomic E-state index is 0.0172. The first-order valence-corrected chi connectivity index (χ1v) is 10.2. The lowest BCUT2D eigenvalue weighted by molar-refractivity contribution is -0.118. The fourth-order valence-electron chi connectivity index (χ4n) is 3.03. The van der Waals surface area contributed by atoms with Gasteiger partial charge in [-0.2, -0.15) is 5.26 Å². The summed E-state index contributed by atoms with van der Waals surface area (Å²) in [5.74, 6) is -0.757. The Morgan fingerprint density at radius 3 is 2.35 bits per heavy atom. The highest BCUT2D eigenvalue weighted by Crippen LogP contribution is 2.12. The first kappa shape index (κ1) is 24.0. The van der Waals surface area contributed by atoms with Crippen LogP contribution < -0.4 is 10.6 Å². The zero-order chi connectivity index (χ0) is 22.8. The van der Waals surface area contributed by atoms with Crippen molar-refractivity contribution in [2.75, 3.05) is 20.1 Å². The highest BCUT2D eigenvalue weighted by Gasteiger charge is 2.17. The summed E-state index contributed by atoms with van der Waals surface area (Å²) >= 11 is 0. The number of nitrogens with zero attached hydrogens (tertiary/aromatic N) is 2. The summed E-state index contributed by atoms with van der Waals surface area (Å²) in [6.45, 7) is 7.57. The fraction of sp³-hybridized carbons (Fsp3) is 0.320. The van der Waals surface area contributed by atoms with Gasteiger partial charge in [0.25, 0.3) is 0 Å². The smallest absolute Gasteiger partial charge is 0.247 e. The quantitative estimate of drug-likeness (QED) is 0.583. The Hall–Kier alpha value is -3.30. The summed E-state index contributed by atoms with van der Waals surface area (Å²) in [7, 11) is 1.58. The molecule has 1 saturated heterocycles. The molecular weight excluding hydrogens is 391 g/mol. The van der Waals surface area contributed by atoms with Crippen molar-refractivity contribution in [1.82, 2.24) is 10.6 Å². The molecule has 1 fully saturated rings. The third-order valence-corrected chi connectivity index (χ3v) is 4.95. The Morgan fingerprint density at radius 1 is 1.23 bits per heavy atom. The number of rotatable bonds is 4. The lowest BCUT2D eigenvalue weighted by atomic mass is 10.0. The molecule has 1 atom stereocenters. The average molecular weight is 421 g/mol. The van der Waals surface area contributed by atoms with Gasteiger partial charge in [-0.1, -0.05) is 41.5 Å². The topological polar surface area (TPSA) is 77.3 Å². The van der Waals surface area contributed by atoms with E-state index in [-0.39, 0.29) is 17.5 Å². The molecule has 6 heteroatoms. The number of carbonyl (C=O) groups excluding carboxylic acids is 1. The summed E-state index contributed by atoms with van der Waals surface area (Å²) in [5, 5.41) is 14.9. The normalized spacial score (nSPS) is 16.2. The molecule has 0 aliphatic carbocycles. The first-order valence-electron chi connectivity index (χ1n) is 10.2. The van der Waals surface area contributed by atoms with Gasteiger partial charge in [0.1, 0.15) is 11.9 Å². The lowest BCUT2D eigenvalue weighted by Crippen LogP contribution is -2.36. The van der Waals surface area contributed by atoms with E-state index in [0.29, 0.717) is 16.8 Å². The minimum Gasteiger partial charge on any atom is -0.348 e. The molecular formula is C25H29FN4O. The Balaban J connectivity index is 0.000000357. The Kier molecular flexibility index (Phi) is 9.11. The predicted molar refractivity (Wildman–Crippen MR) is 123 cm³/mol. The molecule has 5 nitrogen and oxygen atoms in total. The van der Waals surface area contributed by atoms with Crippen LogP contribution in [0.1, 0.15) is 35.6 Å². The van der Waals surface area contributed by atoms with Gasteiger partial charge >= 0.3 is 0 Å². The Bertz CT molecular complexity index is 976. The van der Waals surface area contributed by atoms with E-state index in [2.05, 4.69) is 53.7 Å². The number of nitrogens with one attached hydrogen (secondary N) is 2. The molecule has 0 spiro atoms. The fourth-order valence-corrected chi connectivity index (χ4v) is 3.03. The second-order valence-corrected chi connectivity index (χ2v) is 7.56. The molecule has 2 N–H and O–H groups in total. The van der Waals surface area contributed by atoms with Crippen LogP contribution in [-0.4, -0.2) is 37.8 Å². The molecule has 162 valence electrons. The number of aryl methyl sites for hydroxylation is 2. The summed E-state index contributed by atoms with van der Waals surface area (Å²) < 4.78 is 13.7. The van der Waals surface area contributed by atoms with Crippen LogP contribution >= 0.6 is 0 Å². The van der Waals surface area contributed by atoms with E-state index in [1.807, 2.05) is 0 Å². The molecule has 1 heterocycles. The molecule has 0 aromatic heterocycles. The van der Waals surface area contributed by atoms with E-state index in [4.69, 9.17) is 5.26 Å². The summed E-state index contributed by atoms with van der Waals surface area (Å²) in [4.78, 5) is 16.3. The number of carbonyl (C=O) groups is 1. The molecule has 1 aliphatic heterocycles. The number of hydrogen-bond acceptors (Lipinski definition) is 4. The Morgan fingerprint density at radius 2 is 1.87 bits per heavy atom. The van der Waals surface area contributed by atoms with Crippen molar-refractivity contribution < 1.29 is 9.18 Å². The van der Waals surface area contributed by atoms with Gasteiger partial charge in [-0.15, -0.1) is 0 Å². The highest BCUT2D eigenvalue weighted by atomic mass is 19.1. The molecule has 1 amide bonds. The van der Waals surface area contributed by atoms with Crippen LogP contribution in [0.3, 0.4) is 0 Å². The number of allylic oxidation sites excluding steroid dienone is 1. The number of amides is 1. The molecule has 0 radical (unpaired) electrons. The van der Waals surface area contributed by atoms with Crippen LogP contribution in [0.4, 0.5) is 4.39 Å². The van der Waals surface area contributed by atoms with E-state index in [1.165, 1.54) is 23.3 Å². The number of nitriles is 1. The van der Waals surface area contributed by atoms with Gasteiger partial charge in [0.2, 0.25) is 5.91 Å². The maximum absolute atomic E-state index is 13.7. The first-order chi connectivity index (χ1) is 14.8. The van der Waals surface area contributed by atoms with Crippen LogP contribution in [0, 0.1) is 31.0 Å². The van der Waals surface area contributed by atoms with Crippen molar-refractivity contribution in [3.63, 3.8) is 0 Å². The molecule has 1 unspecified atom stereocenters. The van der Waals surface area contributed by atoms with E-state index in [1.54, 1.807) is 32.2 Å². The standard InChI is InChI=1S/C17H19FN4O.C8H10/c1-11(17(23)22-14-5-6-21-10-14)7-16(20-2)12-3-4-13(9-19)15(18)8-12;1-7-3-5-8(2)6-4-7/h3-4,7-8,14,21H,5-6,10H2,1-2H3,(H,22,23);3-6H,1-2H3/b11-7+,20-16?;. The SMILES string of the molecule is CN=C(/C=C(\C)C(=O)NC1CCNC1)c1ccc(C#N)c(F)c1.Cc1ccc(C)cc1. The van der Waals surface area contributed by atoms with E-state index >= 15 is 0 Å². The molecule has 1 aliphatic rings. The van der Waals surface area contributed by atoms with Crippen molar-refractivity contribution in [2.45, 2.75) is 33.2 Å². The second-order valence-electron chi connectivity index (χ2n) is 7.56. The molecule has 2 aromatic carbocycles. The largest absolute Gasteiger partial charge is 0.348 e. The van der Waals surface area contributed by atoms with Crippen molar-refractivity contribution in [2.24, 2.45) is 4.99 Å². The maximum atomic E-state index is 13.7. The maximum Gasteiger partial charge on any atom is 0.247 e. The van der Waals surface area contributed by atoms with E-state index in [9.17, 15) is 9.18 Å². The van der Waals surface area contributed by atoms with E-state index < -0.39 is 5.82 Å². The van der Waals surface area contributed by atoms with Gasteiger partial charge in [0, 0.05) is 30.8 Å². The van der Waals surface area contributed by atoms with Gasteiger partial charge in [-0.05, 0) is 51.9 Å². The van der Waals surface area contributed by atoms with E-state index in [0.717, 1.165) is 19.5 Å². The van der Waals surface area contributed by atoms with Crippen LogP contribution in [0.5, 0.6) is 0 Å².